The smallest absolute Gasteiger partial charge is 0.308 e. The summed E-state index contributed by atoms with van der Waals surface area (Å²) in [5.41, 5.74) is 0.776. The summed E-state index contributed by atoms with van der Waals surface area (Å²) in [5.74, 6) is -0.360. The number of aliphatic hydroxyl groups is 1. The molecule has 1 N–H and O–H groups in total. The summed E-state index contributed by atoms with van der Waals surface area (Å²) in [6, 6.07) is 1.80. The van der Waals surface area contributed by atoms with Gasteiger partial charge in [-0.05, 0) is 29.3 Å². The molecule has 1 atom stereocenters. The van der Waals surface area contributed by atoms with Crippen molar-refractivity contribution < 1.29 is 14.6 Å². The quantitative estimate of drug-likeness (QED) is 0.753. The normalized spacial score (nSPS) is 12.5. The molecule has 1 aromatic rings. The molecule has 0 aromatic carbocycles. The second-order valence-corrected chi connectivity index (χ2v) is 3.36. The lowest BCUT2D eigenvalue weighted by molar-refractivity contribution is -0.145. The van der Waals surface area contributed by atoms with Gasteiger partial charge in [-0.15, -0.1) is 0 Å². The molecule has 1 unspecified atom stereocenters. The SMILES string of the molecule is CCOC(=O)CC(O)c1ccsc1. The second-order valence-electron chi connectivity index (χ2n) is 2.58. The molecule has 0 radical (unpaired) electrons. The zero-order chi connectivity index (χ0) is 9.68. The Balaban J connectivity index is 2.42. The van der Waals surface area contributed by atoms with Gasteiger partial charge in [0.2, 0.25) is 0 Å². The van der Waals surface area contributed by atoms with E-state index in [0.717, 1.165) is 5.56 Å². The first kappa shape index (κ1) is 10.2. The van der Waals surface area contributed by atoms with Crippen molar-refractivity contribution in [1.82, 2.24) is 0 Å². The molecule has 0 fully saturated rings. The molecular weight excluding hydrogens is 188 g/mol. The van der Waals surface area contributed by atoms with Gasteiger partial charge in [-0.3, -0.25) is 4.79 Å². The molecule has 0 saturated heterocycles. The molecule has 4 heteroatoms. The van der Waals surface area contributed by atoms with Crippen molar-refractivity contribution in [3.05, 3.63) is 22.4 Å². The number of thiophene rings is 1. The third-order valence-electron chi connectivity index (χ3n) is 1.59. The van der Waals surface area contributed by atoms with Crippen molar-refractivity contribution in [2.45, 2.75) is 19.4 Å². The molecule has 3 nitrogen and oxygen atoms in total. The predicted octanol–water partition coefficient (Wildman–Crippen LogP) is 1.73. The molecule has 0 spiro atoms. The Bertz CT molecular complexity index is 256. The van der Waals surface area contributed by atoms with Gasteiger partial charge in [0.25, 0.3) is 0 Å². The fourth-order valence-corrected chi connectivity index (χ4v) is 1.67. The second kappa shape index (κ2) is 4.99. The van der Waals surface area contributed by atoms with E-state index in [-0.39, 0.29) is 12.4 Å². The van der Waals surface area contributed by atoms with Crippen LogP contribution in [0.15, 0.2) is 16.8 Å². The number of hydrogen-bond acceptors (Lipinski definition) is 4. The number of carbonyl (C=O) groups excluding carboxylic acids is 1. The predicted molar refractivity (Wildman–Crippen MR) is 50.5 cm³/mol. The summed E-state index contributed by atoms with van der Waals surface area (Å²) >= 11 is 1.50. The summed E-state index contributed by atoms with van der Waals surface area (Å²) in [6.45, 7) is 2.10. The van der Waals surface area contributed by atoms with Gasteiger partial charge in [0.15, 0.2) is 0 Å². The third kappa shape index (κ3) is 3.16. The zero-order valence-electron chi connectivity index (χ0n) is 7.40. The van der Waals surface area contributed by atoms with Gasteiger partial charge in [0, 0.05) is 0 Å². The van der Waals surface area contributed by atoms with Crippen molar-refractivity contribution in [2.75, 3.05) is 6.61 Å². The highest BCUT2D eigenvalue weighted by Crippen LogP contribution is 2.19. The minimum Gasteiger partial charge on any atom is -0.466 e. The molecule has 0 aliphatic carbocycles. The van der Waals surface area contributed by atoms with Crippen LogP contribution < -0.4 is 0 Å². The van der Waals surface area contributed by atoms with Crippen LogP contribution in [0, 0.1) is 0 Å². The molecule has 72 valence electrons. The van der Waals surface area contributed by atoms with Crippen molar-refractivity contribution >= 4 is 17.3 Å². The molecule has 1 heterocycles. The number of carbonyl (C=O) groups is 1. The maximum Gasteiger partial charge on any atom is 0.308 e. The highest BCUT2D eigenvalue weighted by Gasteiger charge is 2.13. The Morgan fingerprint density at radius 3 is 3.08 bits per heavy atom. The van der Waals surface area contributed by atoms with E-state index >= 15 is 0 Å². The van der Waals surface area contributed by atoms with E-state index in [0.29, 0.717) is 6.61 Å². The van der Waals surface area contributed by atoms with Crippen LogP contribution in [0.4, 0.5) is 0 Å². The Morgan fingerprint density at radius 1 is 1.77 bits per heavy atom. The van der Waals surface area contributed by atoms with Crippen LogP contribution in [0.3, 0.4) is 0 Å². The van der Waals surface area contributed by atoms with Gasteiger partial charge in [0.05, 0.1) is 19.1 Å². The van der Waals surface area contributed by atoms with E-state index in [1.54, 1.807) is 13.0 Å². The number of hydrogen-bond donors (Lipinski definition) is 1. The zero-order valence-corrected chi connectivity index (χ0v) is 8.21. The fourth-order valence-electron chi connectivity index (χ4n) is 0.960. The first-order valence-electron chi connectivity index (χ1n) is 4.09. The number of aliphatic hydroxyl groups excluding tert-OH is 1. The third-order valence-corrected chi connectivity index (χ3v) is 2.29. The molecule has 0 saturated carbocycles. The average molecular weight is 200 g/mol. The van der Waals surface area contributed by atoms with Crippen molar-refractivity contribution in [2.24, 2.45) is 0 Å². The van der Waals surface area contributed by atoms with E-state index in [1.807, 2.05) is 10.8 Å². The first-order chi connectivity index (χ1) is 6.24. The average Bonchev–Trinajstić information content (AvgIpc) is 2.55. The molecule has 1 aromatic heterocycles. The van der Waals surface area contributed by atoms with Gasteiger partial charge in [-0.2, -0.15) is 11.3 Å². The standard InChI is InChI=1S/C9H12O3S/c1-2-12-9(11)5-8(10)7-3-4-13-6-7/h3-4,6,8,10H,2,5H2,1H3. The van der Waals surface area contributed by atoms with Crippen molar-refractivity contribution in [1.29, 1.82) is 0 Å². The minimum absolute atomic E-state index is 0.0323. The summed E-state index contributed by atoms with van der Waals surface area (Å²) in [5, 5.41) is 13.2. The van der Waals surface area contributed by atoms with Crippen molar-refractivity contribution in [3.8, 4) is 0 Å². The fraction of sp³-hybridized carbons (Fsp3) is 0.444. The molecule has 0 aliphatic rings. The van der Waals surface area contributed by atoms with E-state index in [2.05, 4.69) is 0 Å². The van der Waals surface area contributed by atoms with Gasteiger partial charge in [0.1, 0.15) is 0 Å². The largest absolute Gasteiger partial charge is 0.466 e. The van der Waals surface area contributed by atoms with Crippen LogP contribution in [0.5, 0.6) is 0 Å². The summed E-state index contributed by atoms with van der Waals surface area (Å²) in [7, 11) is 0. The molecule has 0 aliphatic heterocycles. The number of esters is 1. The van der Waals surface area contributed by atoms with Crippen LogP contribution in [0.25, 0.3) is 0 Å². The van der Waals surface area contributed by atoms with Gasteiger partial charge < -0.3 is 9.84 Å². The van der Waals surface area contributed by atoms with E-state index < -0.39 is 6.10 Å². The monoisotopic (exact) mass is 200 g/mol. The minimum atomic E-state index is -0.731. The molecular formula is C9H12O3S. The van der Waals surface area contributed by atoms with E-state index in [4.69, 9.17) is 4.74 Å². The lowest BCUT2D eigenvalue weighted by Gasteiger charge is -2.07. The summed E-state index contributed by atoms with van der Waals surface area (Å²) < 4.78 is 4.72. The first-order valence-corrected chi connectivity index (χ1v) is 5.04. The Kier molecular flexibility index (Phi) is 3.92. The van der Waals surface area contributed by atoms with Crippen molar-refractivity contribution in [3.63, 3.8) is 0 Å². The Hall–Kier alpha value is -0.870. The highest BCUT2D eigenvalue weighted by molar-refractivity contribution is 7.07. The topological polar surface area (TPSA) is 46.5 Å². The van der Waals surface area contributed by atoms with Crippen LogP contribution in [-0.4, -0.2) is 17.7 Å². The van der Waals surface area contributed by atoms with E-state index in [1.165, 1.54) is 11.3 Å². The Labute approximate surface area is 81.0 Å². The molecule has 0 bridgehead atoms. The maximum absolute atomic E-state index is 11.0. The Morgan fingerprint density at radius 2 is 2.54 bits per heavy atom. The lowest BCUT2D eigenvalue weighted by Crippen LogP contribution is -2.09. The maximum atomic E-state index is 11.0. The summed E-state index contributed by atoms with van der Waals surface area (Å²) in [4.78, 5) is 11.0. The molecule has 13 heavy (non-hydrogen) atoms. The lowest BCUT2D eigenvalue weighted by atomic mass is 10.1. The van der Waals surface area contributed by atoms with Crippen LogP contribution in [0.2, 0.25) is 0 Å². The van der Waals surface area contributed by atoms with Gasteiger partial charge >= 0.3 is 5.97 Å². The highest BCUT2D eigenvalue weighted by atomic mass is 32.1. The van der Waals surface area contributed by atoms with Crippen LogP contribution in [-0.2, 0) is 9.53 Å². The van der Waals surface area contributed by atoms with E-state index in [9.17, 15) is 9.90 Å². The van der Waals surface area contributed by atoms with Crippen LogP contribution in [0.1, 0.15) is 25.0 Å². The van der Waals surface area contributed by atoms with Crippen LogP contribution >= 0.6 is 11.3 Å². The van der Waals surface area contributed by atoms with Gasteiger partial charge in [-0.25, -0.2) is 0 Å². The number of ether oxygens (including phenoxy) is 1. The van der Waals surface area contributed by atoms with Gasteiger partial charge in [-0.1, -0.05) is 0 Å². The number of rotatable bonds is 4. The summed E-state index contributed by atoms with van der Waals surface area (Å²) in [6.07, 6.45) is -0.699. The molecule has 1 rings (SSSR count). The molecule has 0 amide bonds.